The molecule has 0 amide bonds. The Bertz CT molecular complexity index is 462. The van der Waals surface area contributed by atoms with Gasteiger partial charge in [0.05, 0.1) is 5.25 Å². The van der Waals surface area contributed by atoms with E-state index in [1.165, 1.54) is 0 Å². The molecule has 18 heavy (non-hydrogen) atoms. The lowest BCUT2D eigenvalue weighted by Crippen LogP contribution is -2.35. The SMILES string of the molecule is O=C(CCl)OC1CCC2CC3C1OS(=O)(=O)C3C2. The number of rotatable bonds is 2. The van der Waals surface area contributed by atoms with E-state index in [4.69, 9.17) is 20.5 Å². The van der Waals surface area contributed by atoms with E-state index in [1.807, 2.05) is 0 Å². The molecule has 2 saturated carbocycles. The Morgan fingerprint density at radius 3 is 2.83 bits per heavy atom. The Hall–Kier alpha value is -0.330. The molecule has 0 N–H and O–H groups in total. The van der Waals surface area contributed by atoms with Crippen LogP contribution in [0.15, 0.2) is 0 Å². The summed E-state index contributed by atoms with van der Waals surface area (Å²) < 4.78 is 34.2. The highest BCUT2D eigenvalue weighted by molar-refractivity contribution is 7.87. The molecule has 3 rings (SSSR count). The Labute approximate surface area is 111 Å². The summed E-state index contributed by atoms with van der Waals surface area (Å²) in [5.74, 6) is -0.326. The van der Waals surface area contributed by atoms with Gasteiger partial charge in [-0.3, -0.25) is 8.98 Å². The van der Waals surface area contributed by atoms with Crippen LogP contribution in [0.1, 0.15) is 25.7 Å². The maximum Gasteiger partial charge on any atom is 0.321 e. The molecular formula is C11H15ClO5S. The zero-order valence-corrected chi connectivity index (χ0v) is 11.3. The molecular weight excluding hydrogens is 280 g/mol. The Morgan fingerprint density at radius 2 is 2.11 bits per heavy atom. The maximum atomic E-state index is 11.9. The molecule has 3 aliphatic rings. The maximum absolute atomic E-state index is 11.9. The highest BCUT2D eigenvalue weighted by Crippen LogP contribution is 2.50. The number of hydrogen-bond acceptors (Lipinski definition) is 5. The van der Waals surface area contributed by atoms with Gasteiger partial charge in [-0.2, -0.15) is 8.42 Å². The van der Waals surface area contributed by atoms with Gasteiger partial charge in [-0.05, 0) is 31.6 Å². The quantitative estimate of drug-likeness (QED) is 0.433. The van der Waals surface area contributed by atoms with E-state index in [0.717, 1.165) is 12.8 Å². The minimum absolute atomic E-state index is 0.0179. The highest BCUT2D eigenvalue weighted by Gasteiger charge is 2.58. The van der Waals surface area contributed by atoms with Crippen molar-refractivity contribution in [3.63, 3.8) is 0 Å². The fraction of sp³-hybridized carbons (Fsp3) is 0.909. The van der Waals surface area contributed by atoms with Gasteiger partial charge >= 0.3 is 5.97 Å². The summed E-state index contributed by atoms with van der Waals surface area (Å²) >= 11 is 5.41. The first-order chi connectivity index (χ1) is 8.51. The standard InChI is InChI=1S/C11H15ClO5S/c12-5-10(13)16-8-2-1-6-3-7-9(4-6)18(14,15)17-11(7)8/h6-9,11H,1-5H2. The molecule has 5 atom stereocenters. The van der Waals surface area contributed by atoms with E-state index < -0.39 is 33.5 Å². The van der Waals surface area contributed by atoms with Crippen molar-refractivity contribution < 1.29 is 22.1 Å². The van der Waals surface area contributed by atoms with Gasteiger partial charge in [0, 0.05) is 5.92 Å². The van der Waals surface area contributed by atoms with E-state index in [1.54, 1.807) is 0 Å². The van der Waals surface area contributed by atoms with Crippen molar-refractivity contribution in [1.29, 1.82) is 0 Å². The normalized spacial score (nSPS) is 44.6. The Morgan fingerprint density at radius 1 is 1.33 bits per heavy atom. The lowest BCUT2D eigenvalue weighted by atomic mass is 9.95. The van der Waals surface area contributed by atoms with Crippen molar-refractivity contribution >= 4 is 27.7 Å². The topological polar surface area (TPSA) is 69.7 Å². The smallest absolute Gasteiger partial charge is 0.321 e. The van der Waals surface area contributed by atoms with Crippen LogP contribution in [0.4, 0.5) is 0 Å². The average molecular weight is 295 g/mol. The van der Waals surface area contributed by atoms with Gasteiger partial charge in [-0.25, -0.2) is 0 Å². The molecule has 7 heteroatoms. The third-order valence-corrected chi connectivity index (χ3v) is 6.30. The number of carbonyl (C=O) groups excluding carboxylic acids is 1. The van der Waals surface area contributed by atoms with Gasteiger partial charge in [-0.15, -0.1) is 11.6 Å². The van der Waals surface area contributed by atoms with Crippen LogP contribution in [-0.4, -0.2) is 37.7 Å². The van der Waals surface area contributed by atoms with Crippen LogP contribution in [0.25, 0.3) is 0 Å². The molecule has 5 unspecified atom stereocenters. The zero-order valence-electron chi connectivity index (χ0n) is 9.75. The summed E-state index contributed by atoms with van der Waals surface area (Å²) in [6.07, 6.45) is 2.15. The summed E-state index contributed by atoms with van der Waals surface area (Å²) in [7, 11) is -3.48. The minimum atomic E-state index is -3.48. The van der Waals surface area contributed by atoms with Gasteiger partial charge in [0.1, 0.15) is 18.1 Å². The average Bonchev–Trinajstić information content (AvgIpc) is 2.80. The number of fused-ring (bicyclic) bond motifs is 1. The number of ether oxygens (including phenoxy) is 1. The van der Waals surface area contributed by atoms with E-state index in [2.05, 4.69) is 0 Å². The second-order valence-electron chi connectivity index (χ2n) is 5.33. The first kappa shape index (κ1) is 12.7. The summed E-state index contributed by atoms with van der Waals surface area (Å²) in [5.41, 5.74) is 0. The van der Waals surface area contributed by atoms with Crippen molar-refractivity contribution in [2.24, 2.45) is 11.8 Å². The minimum Gasteiger partial charge on any atom is -0.459 e. The Kier molecular flexibility index (Phi) is 3.07. The van der Waals surface area contributed by atoms with E-state index in [9.17, 15) is 13.2 Å². The second-order valence-corrected chi connectivity index (χ2v) is 7.38. The predicted molar refractivity (Wildman–Crippen MR) is 63.6 cm³/mol. The molecule has 2 aliphatic carbocycles. The number of halogens is 1. The van der Waals surface area contributed by atoms with Gasteiger partial charge < -0.3 is 4.74 Å². The summed E-state index contributed by atoms with van der Waals surface area (Å²) in [6.45, 7) is 0. The number of alkyl halides is 1. The lowest BCUT2D eigenvalue weighted by Gasteiger charge is -2.23. The third kappa shape index (κ3) is 1.94. The first-order valence-electron chi connectivity index (χ1n) is 6.19. The van der Waals surface area contributed by atoms with Crippen LogP contribution >= 0.6 is 11.6 Å². The van der Waals surface area contributed by atoms with Gasteiger partial charge in [0.2, 0.25) is 0 Å². The molecule has 1 aliphatic heterocycles. The van der Waals surface area contributed by atoms with Gasteiger partial charge in [0.15, 0.2) is 0 Å². The van der Waals surface area contributed by atoms with Crippen molar-refractivity contribution in [2.45, 2.75) is 43.1 Å². The largest absolute Gasteiger partial charge is 0.459 e. The second kappa shape index (κ2) is 4.35. The van der Waals surface area contributed by atoms with Crippen LogP contribution in [0.3, 0.4) is 0 Å². The zero-order chi connectivity index (χ0) is 12.9. The first-order valence-corrected chi connectivity index (χ1v) is 8.19. The molecule has 0 aromatic carbocycles. The molecule has 0 aromatic rings. The van der Waals surface area contributed by atoms with E-state index >= 15 is 0 Å². The highest BCUT2D eigenvalue weighted by atomic mass is 35.5. The monoisotopic (exact) mass is 294 g/mol. The molecule has 5 nitrogen and oxygen atoms in total. The number of hydrogen-bond donors (Lipinski definition) is 0. The van der Waals surface area contributed by atoms with Gasteiger partial charge in [-0.1, -0.05) is 0 Å². The summed E-state index contributed by atoms with van der Waals surface area (Å²) in [5, 5.41) is -0.398. The van der Waals surface area contributed by atoms with Crippen LogP contribution in [-0.2, 0) is 23.8 Å². The van der Waals surface area contributed by atoms with Crippen molar-refractivity contribution in [2.75, 3.05) is 5.88 Å². The summed E-state index contributed by atoms with van der Waals surface area (Å²) in [6, 6.07) is 0. The summed E-state index contributed by atoms with van der Waals surface area (Å²) in [4.78, 5) is 11.3. The van der Waals surface area contributed by atoms with Gasteiger partial charge in [0.25, 0.3) is 10.1 Å². The molecule has 0 radical (unpaired) electrons. The molecule has 1 heterocycles. The van der Waals surface area contributed by atoms with Crippen LogP contribution in [0, 0.1) is 11.8 Å². The molecule has 102 valence electrons. The Balaban J connectivity index is 1.86. The fourth-order valence-electron chi connectivity index (χ4n) is 3.58. The lowest BCUT2D eigenvalue weighted by molar-refractivity contribution is -0.151. The molecule has 3 fully saturated rings. The van der Waals surface area contributed by atoms with Crippen molar-refractivity contribution in [3.8, 4) is 0 Å². The number of esters is 1. The molecule has 0 aromatic heterocycles. The fourth-order valence-corrected chi connectivity index (χ4v) is 5.56. The molecule has 1 saturated heterocycles. The van der Waals surface area contributed by atoms with Crippen LogP contribution in [0.5, 0.6) is 0 Å². The number of carbonyl (C=O) groups is 1. The van der Waals surface area contributed by atoms with E-state index in [-0.39, 0.29) is 11.8 Å². The predicted octanol–water partition coefficient (Wildman–Crippen LogP) is 1.05. The van der Waals surface area contributed by atoms with E-state index in [0.29, 0.717) is 18.8 Å². The van der Waals surface area contributed by atoms with Crippen LogP contribution < -0.4 is 0 Å². The molecule has 0 spiro atoms. The van der Waals surface area contributed by atoms with Crippen LogP contribution in [0.2, 0.25) is 0 Å². The van der Waals surface area contributed by atoms with Crippen molar-refractivity contribution in [3.05, 3.63) is 0 Å². The third-order valence-electron chi connectivity index (χ3n) is 4.30. The molecule has 2 bridgehead atoms. The van der Waals surface area contributed by atoms with Crippen molar-refractivity contribution in [1.82, 2.24) is 0 Å².